The number of rotatable bonds is 8. The molecule has 1 unspecified atom stereocenters. The van der Waals surface area contributed by atoms with Crippen molar-refractivity contribution in [1.29, 1.82) is 0 Å². The minimum atomic E-state index is -0.994. The number of hydrogen-bond acceptors (Lipinski definition) is 5. The Balaban J connectivity index is 2.87. The number of aryl methyl sites for hydroxylation is 1. The zero-order valence-electron chi connectivity index (χ0n) is 15.0. The highest BCUT2D eigenvalue weighted by atomic mass is 32.1. The summed E-state index contributed by atoms with van der Waals surface area (Å²) in [4.78, 5) is 23.7. The first-order valence-electron chi connectivity index (χ1n) is 8.02. The number of amides is 1. The quantitative estimate of drug-likeness (QED) is 0.417. The average Bonchev–Trinajstić information content (AvgIpc) is 2.52. The summed E-state index contributed by atoms with van der Waals surface area (Å²) in [5, 5.41) is 12.0. The van der Waals surface area contributed by atoms with Gasteiger partial charge in [-0.1, -0.05) is 18.2 Å². The second-order valence-electron chi connectivity index (χ2n) is 6.16. The number of carboxylic acids is 1. The fourth-order valence-electron chi connectivity index (χ4n) is 2.21. The fourth-order valence-corrected chi connectivity index (χ4v) is 2.32. The van der Waals surface area contributed by atoms with E-state index in [0.717, 1.165) is 16.7 Å². The smallest absolute Gasteiger partial charge is 0.333 e. The van der Waals surface area contributed by atoms with Gasteiger partial charge in [-0.15, -0.1) is 12.6 Å². The molecular formula is C18H26N2O4S. The van der Waals surface area contributed by atoms with Gasteiger partial charge < -0.3 is 20.9 Å². The standard InChI is InChI=1S/C18H26N2O4S/c1-10(2)24-15(18(22)23)8-13-6-5-11(3)14(7-13)9-20-17(21)16(19)12(4)25/h5-7,10,15,25H,8-9,19H2,1-4H3,(H,20,21)(H,22,23)/b16-12-. The van der Waals surface area contributed by atoms with Crippen LogP contribution in [0.3, 0.4) is 0 Å². The molecule has 1 aromatic rings. The van der Waals surface area contributed by atoms with Crippen LogP contribution >= 0.6 is 12.6 Å². The summed E-state index contributed by atoms with van der Waals surface area (Å²) < 4.78 is 5.44. The van der Waals surface area contributed by atoms with Crippen molar-refractivity contribution in [3.8, 4) is 0 Å². The van der Waals surface area contributed by atoms with Crippen LogP contribution < -0.4 is 11.1 Å². The molecule has 0 saturated heterocycles. The second-order valence-corrected chi connectivity index (χ2v) is 6.83. The molecule has 0 fully saturated rings. The number of aliphatic carboxylic acids is 1. The van der Waals surface area contributed by atoms with E-state index in [1.165, 1.54) is 0 Å². The van der Waals surface area contributed by atoms with Gasteiger partial charge in [0, 0.05) is 17.9 Å². The van der Waals surface area contributed by atoms with E-state index in [-0.39, 0.29) is 24.1 Å². The van der Waals surface area contributed by atoms with Crippen molar-refractivity contribution in [2.24, 2.45) is 5.73 Å². The number of nitrogens with two attached hydrogens (primary N) is 1. The Labute approximate surface area is 153 Å². The molecule has 7 heteroatoms. The number of carbonyl (C=O) groups is 2. The van der Waals surface area contributed by atoms with Crippen LogP contribution in [-0.2, 0) is 27.3 Å². The molecule has 0 spiro atoms. The summed E-state index contributed by atoms with van der Waals surface area (Å²) in [7, 11) is 0. The van der Waals surface area contributed by atoms with Crippen LogP contribution in [0.1, 0.15) is 37.5 Å². The monoisotopic (exact) mass is 366 g/mol. The van der Waals surface area contributed by atoms with Gasteiger partial charge in [-0.2, -0.15) is 0 Å². The average molecular weight is 366 g/mol. The Morgan fingerprint density at radius 1 is 1.36 bits per heavy atom. The number of ether oxygens (including phenoxy) is 1. The predicted molar refractivity (Wildman–Crippen MR) is 100 cm³/mol. The third-order valence-corrected chi connectivity index (χ3v) is 3.86. The van der Waals surface area contributed by atoms with E-state index in [1.807, 2.05) is 25.1 Å². The minimum absolute atomic E-state index is 0.0772. The van der Waals surface area contributed by atoms with Crippen molar-refractivity contribution in [3.63, 3.8) is 0 Å². The number of hydrogen-bond donors (Lipinski definition) is 4. The summed E-state index contributed by atoms with van der Waals surface area (Å²) in [6.45, 7) is 7.46. The SMILES string of the molecule is C/C(S)=C(/N)C(=O)NCc1cc(CC(OC(C)C)C(=O)O)ccc1C. The van der Waals surface area contributed by atoms with Crippen LogP contribution in [0.25, 0.3) is 0 Å². The number of allylic oxidation sites excluding steroid dienone is 1. The molecule has 0 heterocycles. The van der Waals surface area contributed by atoms with Crippen molar-refractivity contribution >= 4 is 24.5 Å². The van der Waals surface area contributed by atoms with E-state index in [0.29, 0.717) is 11.4 Å². The number of benzene rings is 1. The Morgan fingerprint density at radius 3 is 2.52 bits per heavy atom. The zero-order chi connectivity index (χ0) is 19.1. The predicted octanol–water partition coefficient (Wildman–Crippen LogP) is 2.15. The Hall–Kier alpha value is -1.99. The van der Waals surface area contributed by atoms with Crippen LogP contribution in [0.4, 0.5) is 0 Å². The van der Waals surface area contributed by atoms with E-state index in [9.17, 15) is 14.7 Å². The Morgan fingerprint density at radius 2 is 2.00 bits per heavy atom. The molecule has 1 atom stereocenters. The van der Waals surface area contributed by atoms with Crippen LogP contribution in [0.5, 0.6) is 0 Å². The minimum Gasteiger partial charge on any atom is -0.479 e. The highest BCUT2D eigenvalue weighted by Crippen LogP contribution is 2.15. The highest BCUT2D eigenvalue weighted by Gasteiger charge is 2.20. The highest BCUT2D eigenvalue weighted by molar-refractivity contribution is 7.84. The molecule has 0 saturated carbocycles. The lowest BCUT2D eigenvalue weighted by atomic mass is 10.0. The number of thiol groups is 1. The van der Waals surface area contributed by atoms with Gasteiger partial charge in [-0.25, -0.2) is 4.79 Å². The van der Waals surface area contributed by atoms with Gasteiger partial charge >= 0.3 is 5.97 Å². The third-order valence-electron chi connectivity index (χ3n) is 3.62. The zero-order valence-corrected chi connectivity index (χ0v) is 15.9. The Bertz CT molecular complexity index is 667. The summed E-state index contributed by atoms with van der Waals surface area (Å²) in [6.07, 6.45) is -0.827. The van der Waals surface area contributed by atoms with Gasteiger partial charge in [-0.3, -0.25) is 4.79 Å². The maximum absolute atomic E-state index is 11.9. The lowest BCUT2D eigenvalue weighted by Crippen LogP contribution is -2.30. The van der Waals surface area contributed by atoms with Crippen LogP contribution in [0.2, 0.25) is 0 Å². The number of nitrogens with one attached hydrogen (secondary N) is 1. The summed E-state index contributed by atoms with van der Waals surface area (Å²) in [5.74, 6) is -1.38. The molecule has 0 aliphatic heterocycles. The molecule has 4 N–H and O–H groups in total. The van der Waals surface area contributed by atoms with Gasteiger partial charge in [-0.05, 0) is 44.4 Å². The molecule has 0 aromatic heterocycles. The molecule has 0 bridgehead atoms. The fraction of sp³-hybridized carbons (Fsp3) is 0.444. The van der Waals surface area contributed by atoms with Gasteiger partial charge in [0.25, 0.3) is 5.91 Å². The normalized spacial score (nSPS) is 13.4. The van der Waals surface area contributed by atoms with E-state index in [4.69, 9.17) is 10.5 Å². The summed E-state index contributed by atoms with van der Waals surface area (Å²) in [6, 6.07) is 5.64. The third kappa shape index (κ3) is 6.80. The van der Waals surface area contributed by atoms with E-state index in [1.54, 1.807) is 20.8 Å². The lowest BCUT2D eigenvalue weighted by Gasteiger charge is -2.17. The molecule has 138 valence electrons. The van der Waals surface area contributed by atoms with Gasteiger partial charge in [0.2, 0.25) is 0 Å². The topological polar surface area (TPSA) is 102 Å². The maximum Gasteiger partial charge on any atom is 0.333 e. The van der Waals surface area contributed by atoms with E-state index < -0.39 is 12.1 Å². The summed E-state index contributed by atoms with van der Waals surface area (Å²) >= 11 is 4.06. The molecule has 1 amide bonds. The Kier molecular flexibility index (Phi) is 7.99. The van der Waals surface area contributed by atoms with Gasteiger partial charge in [0.05, 0.1) is 6.10 Å². The van der Waals surface area contributed by atoms with Crippen molar-refractivity contribution in [2.45, 2.75) is 52.9 Å². The lowest BCUT2D eigenvalue weighted by molar-refractivity contribution is -0.153. The molecule has 0 radical (unpaired) electrons. The van der Waals surface area contributed by atoms with Crippen LogP contribution in [0, 0.1) is 6.92 Å². The van der Waals surface area contributed by atoms with E-state index >= 15 is 0 Å². The first-order chi connectivity index (χ1) is 11.6. The van der Waals surface area contributed by atoms with Crippen LogP contribution in [0.15, 0.2) is 28.8 Å². The molecule has 0 aliphatic rings. The molecule has 25 heavy (non-hydrogen) atoms. The van der Waals surface area contributed by atoms with Gasteiger partial charge in [0.15, 0.2) is 6.10 Å². The van der Waals surface area contributed by atoms with E-state index in [2.05, 4.69) is 17.9 Å². The molecule has 0 aliphatic carbocycles. The number of carbonyl (C=O) groups excluding carboxylic acids is 1. The number of carboxylic acid groups (broad SMARTS) is 1. The molecule has 6 nitrogen and oxygen atoms in total. The maximum atomic E-state index is 11.9. The first kappa shape index (κ1) is 21.1. The van der Waals surface area contributed by atoms with Gasteiger partial charge in [0.1, 0.15) is 5.70 Å². The molecular weight excluding hydrogens is 340 g/mol. The van der Waals surface area contributed by atoms with Crippen molar-refractivity contribution < 1.29 is 19.4 Å². The molecule has 1 rings (SSSR count). The second kappa shape index (κ2) is 9.48. The summed E-state index contributed by atoms with van der Waals surface area (Å²) in [5.41, 5.74) is 8.44. The first-order valence-corrected chi connectivity index (χ1v) is 8.46. The largest absolute Gasteiger partial charge is 0.479 e. The van der Waals surface area contributed by atoms with Crippen molar-refractivity contribution in [2.75, 3.05) is 0 Å². The molecule has 1 aromatic carbocycles. The van der Waals surface area contributed by atoms with Crippen LogP contribution in [-0.4, -0.2) is 29.2 Å². The van der Waals surface area contributed by atoms with Crippen molar-refractivity contribution in [1.82, 2.24) is 5.32 Å². The van der Waals surface area contributed by atoms with Crippen molar-refractivity contribution in [3.05, 3.63) is 45.5 Å².